The molecule has 3 aromatic rings. The number of alkyl halides is 6. The first-order valence-electron chi connectivity index (χ1n) is 16.2. The first-order valence-corrected chi connectivity index (χ1v) is 16.2. The predicted molar refractivity (Wildman–Crippen MR) is 162 cm³/mol. The van der Waals surface area contributed by atoms with E-state index in [1.165, 1.54) is 30.5 Å². The van der Waals surface area contributed by atoms with Crippen LogP contribution in [0.4, 0.5) is 38.1 Å². The molecule has 0 N–H and O–H groups in total. The minimum Gasteiger partial charge on any atom is -0.356 e. The number of aryl methyl sites for hydroxylation is 1. The van der Waals surface area contributed by atoms with Gasteiger partial charge in [-0.05, 0) is 104 Å². The number of benzene rings is 1. The van der Waals surface area contributed by atoms with Crippen molar-refractivity contribution in [3.8, 4) is 0 Å². The molecule has 1 unspecified atom stereocenters. The fourth-order valence-electron chi connectivity index (χ4n) is 6.22. The van der Waals surface area contributed by atoms with Crippen LogP contribution in [0.25, 0.3) is 0 Å². The summed E-state index contributed by atoms with van der Waals surface area (Å²) in [6, 6.07) is 3.75. The van der Waals surface area contributed by atoms with Crippen molar-refractivity contribution < 1.29 is 26.3 Å². The molecule has 2 aromatic heterocycles. The maximum absolute atomic E-state index is 13.8. The Morgan fingerprint density at radius 3 is 2.04 bits per heavy atom. The zero-order valence-electron chi connectivity index (χ0n) is 26.7. The Kier molecular flexibility index (Phi) is 8.50. The number of hydrogen-bond acceptors (Lipinski definition) is 6. The van der Waals surface area contributed by atoms with Crippen LogP contribution in [-0.2, 0) is 37.3 Å². The number of pyridine rings is 1. The lowest BCUT2D eigenvalue weighted by Crippen LogP contribution is -2.33. The molecule has 6 rings (SSSR count). The van der Waals surface area contributed by atoms with Gasteiger partial charge in [-0.3, -0.25) is 0 Å². The molecule has 1 atom stereocenters. The van der Waals surface area contributed by atoms with Gasteiger partial charge in [-0.2, -0.15) is 31.1 Å². The van der Waals surface area contributed by atoms with E-state index in [2.05, 4.69) is 40.2 Å². The fourth-order valence-corrected chi connectivity index (χ4v) is 6.22. The molecule has 0 radical (unpaired) electrons. The number of aromatic nitrogens is 5. The second-order valence-corrected chi connectivity index (χ2v) is 14.1. The molecular weight excluding hydrogens is 608 g/mol. The molecule has 7 nitrogen and oxygen atoms in total. The highest BCUT2D eigenvalue weighted by atomic mass is 19.4. The smallest absolute Gasteiger partial charge is 0.356 e. The standard InChI is InChI=1S/C33H41F6N7/c1-5-20(2)46-42-30(41-43-46)45(18-23-12-26(32(34,35)36)15-27(13-23)33(37,38)39)19-25-14-24-10-11-31(3,4)28(24)40-29(25)44(16-21-6-7-21)17-22-8-9-22/h12-15,20-22H,5-11,16-19H2,1-4H3. The van der Waals surface area contributed by atoms with Gasteiger partial charge in [0, 0.05) is 37.2 Å². The predicted octanol–water partition coefficient (Wildman–Crippen LogP) is 8.13. The fraction of sp³-hybridized carbons (Fsp3) is 0.636. The van der Waals surface area contributed by atoms with Crippen molar-refractivity contribution in [1.82, 2.24) is 25.2 Å². The molecule has 46 heavy (non-hydrogen) atoms. The van der Waals surface area contributed by atoms with Crippen LogP contribution in [0.2, 0.25) is 0 Å². The first-order chi connectivity index (χ1) is 21.6. The number of fused-ring (bicyclic) bond motifs is 1. The summed E-state index contributed by atoms with van der Waals surface area (Å²) in [5, 5.41) is 13.0. The molecule has 3 aliphatic carbocycles. The van der Waals surface area contributed by atoms with E-state index >= 15 is 0 Å². The van der Waals surface area contributed by atoms with E-state index in [1.807, 2.05) is 13.8 Å². The quantitative estimate of drug-likeness (QED) is 0.185. The molecule has 13 heteroatoms. The third-order valence-corrected chi connectivity index (χ3v) is 9.54. The minimum atomic E-state index is -4.95. The average Bonchev–Trinajstić information content (AvgIpc) is 3.91. The molecule has 0 bridgehead atoms. The van der Waals surface area contributed by atoms with Crippen molar-refractivity contribution in [2.24, 2.45) is 11.8 Å². The van der Waals surface area contributed by atoms with Crippen LogP contribution in [0.1, 0.15) is 106 Å². The van der Waals surface area contributed by atoms with Crippen molar-refractivity contribution in [2.45, 2.75) is 110 Å². The van der Waals surface area contributed by atoms with E-state index in [4.69, 9.17) is 4.98 Å². The second-order valence-electron chi connectivity index (χ2n) is 14.1. The van der Waals surface area contributed by atoms with Gasteiger partial charge in [-0.1, -0.05) is 25.9 Å². The van der Waals surface area contributed by atoms with Gasteiger partial charge in [0.1, 0.15) is 5.82 Å². The van der Waals surface area contributed by atoms with Gasteiger partial charge < -0.3 is 9.80 Å². The van der Waals surface area contributed by atoms with Crippen LogP contribution in [0, 0.1) is 11.8 Å². The van der Waals surface area contributed by atoms with Crippen molar-refractivity contribution in [3.05, 3.63) is 57.8 Å². The molecule has 2 fully saturated rings. The molecule has 250 valence electrons. The molecule has 0 spiro atoms. The summed E-state index contributed by atoms with van der Waals surface area (Å²) in [5.41, 5.74) is 0.0948. The third-order valence-electron chi connectivity index (χ3n) is 9.54. The number of halogens is 6. The maximum atomic E-state index is 13.8. The molecule has 0 saturated heterocycles. The van der Waals surface area contributed by atoms with Gasteiger partial charge in [0.15, 0.2) is 0 Å². The molecular formula is C33H41F6N7. The summed E-state index contributed by atoms with van der Waals surface area (Å²) in [6.07, 6.45) is -2.73. The second kappa shape index (κ2) is 12.0. The molecule has 0 amide bonds. The van der Waals surface area contributed by atoms with E-state index < -0.39 is 23.5 Å². The average molecular weight is 650 g/mol. The Bertz CT molecular complexity index is 1510. The summed E-state index contributed by atoms with van der Waals surface area (Å²) in [6.45, 7) is 9.87. The monoisotopic (exact) mass is 649 g/mol. The molecule has 2 saturated carbocycles. The Morgan fingerprint density at radius 1 is 0.891 bits per heavy atom. The van der Waals surface area contributed by atoms with E-state index in [-0.39, 0.29) is 42.1 Å². The lowest BCUT2D eigenvalue weighted by molar-refractivity contribution is -0.143. The van der Waals surface area contributed by atoms with Crippen molar-refractivity contribution in [2.75, 3.05) is 22.9 Å². The molecule has 3 aliphatic rings. The van der Waals surface area contributed by atoms with Crippen LogP contribution in [0.15, 0.2) is 24.3 Å². The topological polar surface area (TPSA) is 63.0 Å². The maximum Gasteiger partial charge on any atom is 0.416 e. The molecule has 0 aliphatic heterocycles. The number of hydrogen-bond donors (Lipinski definition) is 0. The number of anilines is 2. The van der Waals surface area contributed by atoms with Gasteiger partial charge in [0.25, 0.3) is 5.95 Å². The van der Waals surface area contributed by atoms with Crippen LogP contribution in [0.5, 0.6) is 0 Å². The Balaban J connectivity index is 1.44. The largest absolute Gasteiger partial charge is 0.416 e. The highest BCUT2D eigenvalue weighted by molar-refractivity contribution is 5.54. The molecule has 1 aromatic carbocycles. The minimum absolute atomic E-state index is 0.0967. The number of tetrazole rings is 1. The van der Waals surface area contributed by atoms with Crippen LogP contribution >= 0.6 is 0 Å². The van der Waals surface area contributed by atoms with E-state index in [9.17, 15) is 26.3 Å². The van der Waals surface area contributed by atoms with Crippen LogP contribution in [0.3, 0.4) is 0 Å². The summed E-state index contributed by atoms with van der Waals surface area (Å²) < 4.78 is 82.8. The van der Waals surface area contributed by atoms with E-state index in [1.54, 1.807) is 4.90 Å². The summed E-state index contributed by atoms with van der Waals surface area (Å²) in [4.78, 5) is 10.7. The molecule has 2 heterocycles. The van der Waals surface area contributed by atoms with Gasteiger partial charge in [0.05, 0.1) is 22.9 Å². The summed E-state index contributed by atoms with van der Waals surface area (Å²) in [5.74, 6) is 2.16. The lowest BCUT2D eigenvalue weighted by atomic mass is 9.90. The van der Waals surface area contributed by atoms with E-state index in [0.717, 1.165) is 60.7 Å². The Hall–Kier alpha value is -3.38. The number of nitrogens with zero attached hydrogens (tertiary/aromatic N) is 7. The highest BCUT2D eigenvalue weighted by Crippen LogP contribution is 2.42. The lowest BCUT2D eigenvalue weighted by Gasteiger charge is -2.30. The Morgan fingerprint density at radius 2 is 1.50 bits per heavy atom. The first kappa shape index (κ1) is 32.6. The van der Waals surface area contributed by atoms with Gasteiger partial charge >= 0.3 is 12.4 Å². The summed E-state index contributed by atoms with van der Waals surface area (Å²) in [7, 11) is 0. The van der Waals surface area contributed by atoms with Gasteiger partial charge in [-0.25, -0.2) is 4.98 Å². The van der Waals surface area contributed by atoms with E-state index in [0.29, 0.717) is 18.3 Å². The van der Waals surface area contributed by atoms with Crippen LogP contribution in [-0.4, -0.2) is 38.3 Å². The Labute approximate surface area is 265 Å². The van der Waals surface area contributed by atoms with Crippen molar-refractivity contribution in [1.29, 1.82) is 0 Å². The number of rotatable bonds is 12. The normalized spacial score (nSPS) is 18.5. The summed E-state index contributed by atoms with van der Waals surface area (Å²) >= 11 is 0. The van der Waals surface area contributed by atoms with Gasteiger partial charge in [0.2, 0.25) is 0 Å². The van der Waals surface area contributed by atoms with Crippen LogP contribution < -0.4 is 9.80 Å². The SMILES string of the molecule is CCC(C)n1nnc(N(Cc2cc(C(F)(F)F)cc(C(F)(F)F)c2)Cc2cc3c(nc2N(CC2CC2)CC2CC2)C(C)(C)CC3)n1. The zero-order valence-corrected chi connectivity index (χ0v) is 26.7. The zero-order chi connectivity index (χ0) is 33.0. The van der Waals surface area contributed by atoms with Crippen molar-refractivity contribution in [3.63, 3.8) is 0 Å². The highest BCUT2D eigenvalue weighted by Gasteiger charge is 2.38. The third kappa shape index (κ3) is 7.27. The van der Waals surface area contributed by atoms with Crippen molar-refractivity contribution >= 4 is 11.8 Å². The van der Waals surface area contributed by atoms with Gasteiger partial charge in [-0.15, -0.1) is 5.10 Å².